The number of halogens is 3. The summed E-state index contributed by atoms with van der Waals surface area (Å²) in [5.74, 6) is -0.330. The summed E-state index contributed by atoms with van der Waals surface area (Å²) in [5.41, 5.74) is 0.478. The second-order valence-electron chi connectivity index (χ2n) is 2.45. The molecule has 1 aromatic heterocycles. The molecule has 2 rings (SSSR count). The Bertz CT molecular complexity index is 438. The molecule has 0 aliphatic rings. The lowest BCUT2D eigenvalue weighted by molar-refractivity contribution is 0.637. The zero-order valence-corrected chi connectivity index (χ0v) is 8.21. The molecule has 0 atom stereocenters. The molecule has 62 valence electrons. The number of H-pyrrole nitrogens is 1. The van der Waals surface area contributed by atoms with E-state index in [1.165, 1.54) is 6.07 Å². The molecule has 0 unspecified atom stereocenters. The highest BCUT2D eigenvalue weighted by atomic mass is 79.9. The first-order valence-corrected chi connectivity index (χ1v) is 4.47. The Morgan fingerprint density at radius 3 is 2.92 bits per heavy atom. The van der Waals surface area contributed by atoms with Crippen LogP contribution in [-0.4, -0.2) is 4.98 Å². The molecule has 0 saturated heterocycles. The molecule has 4 heteroatoms. The van der Waals surface area contributed by atoms with Gasteiger partial charge in [-0.1, -0.05) is 11.6 Å². The van der Waals surface area contributed by atoms with Gasteiger partial charge in [-0.25, -0.2) is 4.39 Å². The van der Waals surface area contributed by atoms with Crippen LogP contribution in [0.3, 0.4) is 0 Å². The largest absolute Gasteiger partial charge is 0.358 e. The van der Waals surface area contributed by atoms with E-state index in [1.807, 2.05) is 0 Å². The van der Waals surface area contributed by atoms with Crippen molar-refractivity contribution in [2.75, 3.05) is 0 Å². The first-order chi connectivity index (χ1) is 5.68. The number of benzene rings is 1. The highest BCUT2D eigenvalue weighted by Gasteiger charge is 2.06. The molecule has 0 amide bonds. The van der Waals surface area contributed by atoms with Gasteiger partial charge in [0.05, 0.1) is 5.52 Å². The molecule has 1 aromatic carbocycles. The Kier molecular flexibility index (Phi) is 1.85. The van der Waals surface area contributed by atoms with Crippen LogP contribution in [0.25, 0.3) is 10.9 Å². The van der Waals surface area contributed by atoms with Crippen molar-refractivity contribution >= 4 is 38.4 Å². The number of nitrogens with one attached hydrogen (secondary N) is 1. The summed E-state index contributed by atoms with van der Waals surface area (Å²) in [5, 5.41) is 1.17. The maximum absolute atomic E-state index is 13.1. The third kappa shape index (κ3) is 1.13. The van der Waals surface area contributed by atoms with Gasteiger partial charge in [-0.2, -0.15) is 0 Å². The van der Waals surface area contributed by atoms with Crippen LogP contribution in [0.2, 0.25) is 5.02 Å². The fraction of sp³-hybridized carbons (Fsp3) is 0. The topological polar surface area (TPSA) is 15.8 Å². The highest BCUT2D eigenvalue weighted by Crippen LogP contribution is 2.28. The van der Waals surface area contributed by atoms with Crippen molar-refractivity contribution in [1.82, 2.24) is 4.98 Å². The molecule has 0 fully saturated rings. The summed E-state index contributed by atoms with van der Waals surface area (Å²) in [4.78, 5) is 2.80. The molecule has 12 heavy (non-hydrogen) atoms. The third-order valence-electron chi connectivity index (χ3n) is 1.66. The van der Waals surface area contributed by atoms with Gasteiger partial charge in [0.15, 0.2) is 0 Å². The van der Waals surface area contributed by atoms with Crippen LogP contribution in [0.1, 0.15) is 0 Å². The van der Waals surface area contributed by atoms with Gasteiger partial charge in [0.1, 0.15) is 5.82 Å². The van der Waals surface area contributed by atoms with E-state index in [4.69, 9.17) is 11.6 Å². The number of aromatic nitrogens is 1. The Labute approximate surface area is 81.7 Å². The van der Waals surface area contributed by atoms with Gasteiger partial charge in [-0.3, -0.25) is 0 Å². The quantitative estimate of drug-likeness (QED) is 0.731. The summed E-state index contributed by atoms with van der Waals surface area (Å²) in [6.07, 6.45) is 1.68. The van der Waals surface area contributed by atoms with Crippen molar-refractivity contribution in [3.8, 4) is 0 Å². The minimum atomic E-state index is -0.330. The van der Waals surface area contributed by atoms with Gasteiger partial charge in [0.25, 0.3) is 0 Å². The van der Waals surface area contributed by atoms with E-state index >= 15 is 0 Å². The fourth-order valence-corrected chi connectivity index (χ4v) is 1.75. The number of hydrogen-bond acceptors (Lipinski definition) is 0. The van der Waals surface area contributed by atoms with Crippen LogP contribution in [0.15, 0.2) is 22.8 Å². The SMILES string of the molecule is Fc1cc(Cl)cc2c(Br)c[nH]c12. The first-order valence-electron chi connectivity index (χ1n) is 3.30. The highest BCUT2D eigenvalue weighted by molar-refractivity contribution is 9.10. The molecule has 0 saturated carbocycles. The van der Waals surface area contributed by atoms with Gasteiger partial charge in [-0.05, 0) is 28.1 Å². The predicted octanol–water partition coefficient (Wildman–Crippen LogP) is 3.72. The van der Waals surface area contributed by atoms with E-state index in [0.29, 0.717) is 10.5 Å². The molecule has 1 nitrogen and oxygen atoms in total. The van der Waals surface area contributed by atoms with E-state index in [-0.39, 0.29) is 5.82 Å². The Morgan fingerprint density at radius 1 is 1.42 bits per heavy atom. The lowest BCUT2D eigenvalue weighted by atomic mass is 10.2. The first kappa shape index (κ1) is 8.08. The zero-order chi connectivity index (χ0) is 8.72. The third-order valence-corrected chi connectivity index (χ3v) is 2.53. The van der Waals surface area contributed by atoms with E-state index in [9.17, 15) is 4.39 Å². The lowest BCUT2D eigenvalue weighted by Gasteiger charge is -1.94. The molecular weight excluding hydrogens is 244 g/mol. The van der Waals surface area contributed by atoms with Crippen LogP contribution in [-0.2, 0) is 0 Å². The Hall–Kier alpha value is -0.540. The number of hydrogen-bond donors (Lipinski definition) is 1. The molecule has 1 N–H and O–H groups in total. The number of aromatic amines is 1. The van der Waals surface area contributed by atoms with Gasteiger partial charge < -0.3 is 4.98 Å². The molecule has 0 spiro atoms. The monoisotopic (exact) mass is 247 g/mol. The molecule has 0 radical (unpaired) electrons. The average molecular weight is 248 g/mol. The van der Waals surface area contributed by atoms with Crippen LogP contribution < -0.4 is 0 Å². The maximum Gasteiger partial charge on any atom is 0.148 e. The van der Waals surface area contributed by atoms with Crippen molar-refractivity contribution in [2.24, 2.45) is 0 Å². The number of fused-ring (bicyclic) bond motifs is 1. The average Bonchev–Trinajstić information content (AvgIpc) is 2.33. The Morgan fingerprint density at radius 2 is 2.17 bits per heavy atom. The summed E-state index contributed by atoms with van der Waals surface area (Å²) in [6, 6.07) is 2.99. The van der Waals surface area contributed by atoms with Crippen molar-refractivity contribution < 1.29 is 4.39 Å². The number of rotatable bonds is 0. The van der Waals surface area contributed by atoms with Crippen LogP contribution in [0.5, 0.6) is 0 Å². The fourth-order valence-electron chi connectivity index (χ4n) is 1.12. The van der Waals surface area contributed by atoms with Crippen LogP contribution >= 0.6 is 27.5 Å². The van der Waals surface area contributed by atoms with Crippen molar-refractivity contribution in [3.63, 3.8) is 0 Å². The smallest absolute Gasteiger partial charge is 0.148 e. The summed E-state index contributed by atoms with van der Waals surface area (Å²) in [6.45, 7) is 0. The van der Waals surface area contributed by atoms with E-state index < -0.39 is 0 Å². The molecule has 0 bridgehead atoms. The second-order valence-corrected chi connectivity index (χ2v) is 3.74. The molecular formula is C8H4BrClFN. The van der Waals surface area contributed by atoms with Gasteiger partial charge in [-0.15, -0.1) is 0 Å². The molecule has 1 heterocycles. The standard InChI is InChI=1S/C8H4BrClFN/c9-6-3-12-8-5(6)1-4(10)2-7(8)11/h1-3,12H. The van der Waals surface area contributed by atoms with Gasteiger partial charge >= 0.3 is 0 Å². The Balaban J connectivity index is 2.92. The predicted molar refractivity (Wildman–Crippen MR) is 51.0 cm³/mol. The minimum absolute atomic E-state index is 0.330. The second kappa shape index (κ2) is 2.75. The maximum atomic E-state index is 13.1. The van der Waals surface area contributed by atoms with Crippen molar-refractivity contribution in [3.05, 3.63) is 33.6 Å². The van der Waals surface area contributed by atoms with E-state index in [1.54, 1.807) is 12.3 Å². The van der Waals surface area contributed by atoms with Gasteiger partial charge in [0.2, 0.25) is 0 Å². The normalized spacial score (nSPS) is 10.9. The van der Waals surface area contributed by atoms with Crippen molar-refractivity contribution in [2.45, 2.75) is 0 Å². The zero-order valence-electron chi connectivity index (χ0n) is 5.87. The van der Waals surface area contributed by atoms with Crippen molar-refractivity contribution in [1.29, 1.82) is 0 Å². The van der Waals surface area contributed by atoms with Crippen LogP contribution in [0.4, 0.5) is 4.39 Å². The van der Waals surface area contributed by atoms with Crippen LogP contribution in [0, 0.1) is 5.82 Å². The molecule has 0 aliphatic heterocycles. The minimum Gasteiger partial charge on any atom is -0.358 e. The summed E-state index contributed by atoms with van der Waals surface area (Å²) < 4.78 is 13.9. The van der Waals surface area contributed by atoms with E-state index in [2.05, 4.69) is 20.9 Å². The summed E-state index contributed by atoms with van der Waals surface area (Å²) in [7, 11) is 0. The summed E-state index contributed by atoms with van der Waals surface area (Å²) >= 11 is 8.96. The molecule has 0 aliphatic carbocycles. The van der Waals surface area contributed by atoms with Gasteiger partial charge in [0, 0.05) is 21.1 Å². The lowest BCUT2D eigenvalue weighted by Crippen LogP contribution is -1.77. The molecule has 2 aromatic rings. The van der Waals surface area contributed by atoms with E-state index in [0.717, 1.165) is 9.86 Å².